The largest absolute Gasteiger partial charge is 0.492 e. The molecule has 2 N–H and O–H groups in total. The van der Waals surface area contributed by atoms with Crippen molar-refractivity contribution in [3.8, 4) is 17.1 Å². The van der Waals surface area contributed by atoms with Crippen LogP contribution in [0.2, 0.25) is 5.02 Å². The highest BCUT2D eigenvalue weighted by Gasteiger charge is 2.17. The number of ether oxygens (including phenoxy) is 2. The molecule has 4 aromatic rings. The van der Waals surface area contributed by atoms with Crippen molar-refractivity contribution in [2.75, 3.05) is 44.8 Å². The Balaban J connectivity index is 1.17. The summed E-state index contributed by atoms with van der Waals surface area (Å²) in [5, 5.41) is 10.6. The standard InChI is InChI=1S/C29H30ClN7O4/c1-20(18-37-9-12-39-13-10-37)29(38)33-16-23-15-27(41-36-23)24-17-31-19-34-28(24)35-22-5-6-26(25(30)14-22)40-11-7-21-4-2-3-8-32-21/h2-6,8,14-15,17,19H,1,7,9-13,16,18H2,(H,33,38)(H,31,34,35). The van der Waals surface area contributed by atoms with Crippen molar-refractivity contribution in [1.29, 1.82) is 0 Å². The maximum atomic E-state index is 12.5. The minimum Gasteiger partial charge on any atom is -0.492 e. The molecule has 0 bridgehead atoms. The van der Waals surface area contributed by atoms with Crippen LogP contribution < -0.4 is 15.4 Å². The predicted molar refractivity (Wildman–Crippen MR) is 154 cm³/mol. The summed E-state index contributed by atoms with van der Waals surface area (Å²) in [7, 11) is 0. The molecule has 0 spiro atoms. The Bertz CT molecular complexity index is 1480. The van der Waals surface area contributed by atoms with Gasteiger partial charge in [-0.25, -0.2) is 9.97 Å². The second-order valence-corrected chi connectivity index (χ2v) is 9.74. The third kappa shape index (κ3) is 7.88. The number of rotatable bonds is 12. The molecule has 0 saturated carbocycles. The summed E-state index contributed by atoms with van der Waals surface area (Å²) in [6.45, 7) is 7.96. The van der Waals surface area contributed by atoms with E-state index in [1.54, 1.807) is 30.6 Å². The maximum absolute atomic E-state index is 12.5. The van der Waals surface area contributed by atoms with Crippen LogP contribution in [0.5, 0.6) is 5.75 Å². The highest BCUT2D eigenvalue weighted by atomic mass is 35.5. The fourth-order valence-corrected chi connectivity index (χ4v) is 4.41. The SMILES string of the molecule is C=C(CN1CCOCC1)C(=O)NCc1cc(-c2cncnc2Nc2ccc(OCCc3ccccn3)c(Cl)c2)on1. The minimum absolute atomic E-state index is 0.193. The molecular weight excluding hydrogens is 546 g/mol. The molecule has 0 atom stereocenters. The van der Waals surface area contributed by atoms with E-state index in [-0.39, 0.29) is 12.5 Å². The third-order valence-electron chi connectivity index (χ3n) is 6.34. The van der Waals surface area contributed by atoms with Gasteiger partial charge in [0.2, 0.25) is 5.91 Å². The summed E-state index contributed by atoms with van der Waals surface area (Å²) in [6.07, 6.45) is 5.49. The van der Waals surface area contributed by atoms with E-state index < -0.39 is 0 Å². The average Bonchev–Trinajstić information content (AvgIpc) is 3.47. The maximum Gasteiger partial charge on any atom is 0.248 e. The number of hydrogen-bond donors (Lipinski definition) is 2. The van der Waals surface area contributed by atoms with E-state index in [2.05, 4.69) is 42.2 Å². The van der Waals surface area contributed by atoms with Crippen LogP contribution in [-0.2, 0) is 22.5 Å². The number of carbonyl (C=O) groups excluding carboxylic acids is 1. The molecule has 1 aliphatic rings. The van der Waals surface area contributed by atoms with Crippen LogP contribution in [0.3, 0.4) is 0 Å². The van der Waals surface area contributed by atoms with E-state index in [0.29, 0.717) is 77.7 Å². The number of carbonyl (C=O) groups is 1. The summed E-state index contributed by atoms with van der Waals surface area (Å²) in [5.41, 5.74) is 3.30. The van der Waals surface area contributed by atoms with Crippen molar-refractivity contribution < 1.29 is 18.8 Å². The number of halogens is 1. The second-order valence-electron chi connectivity index (χ2n) is 9.33. The van der Waals surface area contributed by atoms with Gasteiger partial charge in [-0.2, -0.15) is 0 Å². The normalized spacial score (nSPS) is 13.5. The lowest BCUT2D eigenvalue weighted by molar-refractivity contribution is -0.118. The van der Waals surface area contributed by atoms with Crippen LogP contribution in [0.15, 0.2) is 77.9 Å². The van der Waals surface area contributed by atoms with Crippen LogP contribution in [0.25, 0.3) is 11.3 Å². The highest BCUT2D eigenvalue weighted by molar-refractivity contribution is 6.32. The topological polar surface area (TPSA) is 128 Å². The van der Waals surface area contributed by atoms with Crippen LogP contribution in [-0.4, -0.2) is 70.4 Å². The third-order valence-corrected chi connectivity index (χ3v) is 6.64. The van der Waals surface area contributed by atoms with Crippen LogP contribution in [0, 0.1) is 0 Å². The summed E-state index contributed by atoms with van der Waals surface area (Å²) < 4.78 is 16.7. The van der Waals surface area contributed by atoms with E-state index in [1.807, 2.05) is 24.3 Å². The molecule has 4 heterocycles. The molecule has 0 aliphatic carbocycles. The Morgan fingerprint density at radius 1 is 1.12 bits per heavy atom. The molecule has 5 rings (SSSR count). The Hall–Kier alpha value is -4.32. The van der Waals surface area contributed by atoms with Crippen molar-refractivity contribution in [3.05, 3.63) is 89.7 Å². The summed E-state index contributed by atoms with van der Waals surface area (Å²) in [4.78, 5) is 27.5. The molecule has 0 radical (unpaired) electrons. The molecule has 1 fully saturated rings. The zero-order valence-corrected chi connectivity index (χ0v) is 23.1. The number of anilines is 2. The van der Waals surface area contributed by atoms with Crippen molar-refractivity contribution in [2.24, 2.45) is 0 Å². The average molecular weight is 576 g/mol. The van der Waals surface area contributed by atoms with Gasteiger partial charge < -0.3 is 24.6 Å². The van der Waals surface area contributed by atoms with E-state index in [0.717, 1.165) is 18.8 Å². The molecule has 12 heteroatoms. The van der Waals surface area contributed by atoms with Crippen molar-refractivity contribution in [3.63, 3.8) is 0 Å². The van der Waals surface area contributed by atoms with E-state index in [1.165, 1.54) is 6.33 Å². The number of aromatic nitrogens is 4. The van der Waals surface area contributed by atoms with Gasteiger partial charge in [0.25, 0.3) is 0 Å². The van der Waals surface area contributed by atoms with Gasteiger partial charge >= 0.3 is 0 Å². The Labute approximate surface area is 242 Å². The highest BCUT2D eigenvalue weighted by Crippen LogP contribution is 2.32. The van der Waals surface area contributed by atoms with Crippen LogP contribution in [0.4, 0.5) is 11.5 Å². The zero-order chi connectivity index (χ0) is 28.4. The number of amides is 1. The summed E-state index contributed by atoms with van der Waals surface area (Å²) >= 11 is 6.48. The molecule has 3 aromatic heterocycles. The van der Waals surface area contributed by atoms with Crippen LogP contribution in [0.1, 0.15) is 11.4 Å². The predicted octanol–water partition coefficient (Wildman–Crippen LogP) is 4.05. The summed E-state index contributed by atoms with van der Waals surface area (Å²) in [6, 6.07) is 12.9. The van der Waals surface area contributed by atoms with Gasteiger partial charge in [0.05, 0.1) is 37.0 Å². The van der Waals surface area contributed by atoms with Gasteiger partial charge in [-0.3, -0.25) is 14.7 Å². The first-order chi connectivity index (χ1) is 20.0. The first-order valence-corrected chi connectivity index (χ1v) is 13.5. The first kappa shape index (κ1) is 28.2. The fraction of sp³-hybridized carbons (Fsp3) is 0.276. The molecule has 212 valence electrons. The second kappa shape index (κ2) is 13.8. The summed E-state index contributed by atoms with van der Waals surface area (Å²) in [5.74, 6) is 1.30. The molecule has 1 aromatic carbocycles. The van der Waals surface area contributed by atoms with Gasteiger partial charge in [-0.1, -0.05) is 29.4 Å². The fourth-order valence-electron chi connectivity index (χ4n) is 4.17. The quantitative estimate of drug-likeness (QED) is 0.239. The molecule has 0 unspecified atom stereocenters. The molecule has 1 aliphatic heterocycles. The van der Waals surface area contributed by atoms with E-state index >= 15 is 0 Å². The smallest absolute Gasteiger partial charge is 0.248 e. The van der Waals surface area contributed by atoms with E-state index in [4.69, 9.17) is 25.6 Å². The Morgan fingerprint density at radius 2 is 2.00 bits per heavy atom. The monoisotopic (exact) mass is 575 g/mol. The van der Waals surface area contributed by atoms with Crippen LogP contribution >= 0.6 is 11.6 Å². The van der Waals surface area contributed by atoms with Crippen molar-refractivity contribution in [1.82, 2.24) is 30.3 Å². The molecular formula is C29H30ClN7O4. The van der Waals surface area contributed by atoms with Gasteiger partial charge in [0, 0.05) is 61.5 Å². The van der Waals surface area contributed by atoms with Gasteiger partial charge in [0.15, 0.2) is 5.76 Å². The lowest BCUT2D eigenvalue weighted by Crippen LogP contribution is -2.39. The number of pyridine rings is 1. The lowest BCUT2D eigenvalue weighted by atomic mass is 10.2. The zero-order valence-electron chi connectivity index (χ0n) is 22.4. The number of nitrogens with zero attached hydrogens (tertiary/aromatic N) is 5. The molecule has 1 amide bonds. The minimum atomic E-state index is -0.229. The molecule has 41 heavy (non-hydrogen) atoms. The molecule has 11 nitrogen and oxygen atoms in total. The molecule has 1 saturated heterocycles. The van der Waals surface area contributed by atoms with Gasteiger partial charge in [0.1, 0.15) is 23.6 Å². The Morgan fingerprint density at radius 3 is 2.80 bits per heavy atom. The number of morpholine rings is 1. The Kier molecular flexibility index (Phi) is 9.53. The first-order valence-electron chi connectivity index (χ1n) is 13.2. The lowest BCUT2D eigenvalue weighted by Gasteiger charge is -2.26. The van der Waals surface area contributed by atoms with Gasteiger partial charge in [-0.15, -0.1) is 0 Å². The number of nitrogens with one attached hydrogen (secondary N) is 2. The van der Waals surface area contributed by atoms with Crippen molar-refractivity contribution >= 4 is 29.0 Å². The number of benzene rings is 1. The van der Waals surface area contributed by atoms with Crippen molar-refractivity contribution in [2.45, 2.75) is 13.0 Å². The van der Waals surface area contributed by atoms with Gasteiger partial charge in [-0.05, 0) is 30.3 Å². The van der Waals surface area contributed by atoms with E-state index in [9.17, 15) is 4.79 Å². The number of hydrogen-bond acceptors (Lipinski definition) is 10.